The van der Waals surface area contributed by atoms with Gasteiger partial charge in [0.25, 0.3) is 0 Å². The van der Waals surface area contributed by atoms with E-state index in [9.17, 15) is 4.79 Å². The van der Waals surface area contributed by atoms with E-state index in [-0.39, 0.29) is 0 Å². The van der Waals surface area contributed by atoms with Gasteiger partial charge < -0.3 is 9.80 Å². The molecule has 1 saturated heterocycles. The topological polar surface area (TPSA) is 23.6 Å². The fourth-order valence-electron chi connectivity index (χ4n) is 2.69. The van der Waals surface area contributed by atoms with E-state index in [4.69, 9.17) is 0 Å². The standard InChI is InChI=1S/C14H26N2O/c1-3-4-10-16(13-7-8-13)14(17)15-9-5-6-12(2)11-15/h12-13H,3-11H2,1-2H3. The number of hydrogen-bond acceptors (Lipinski definition) is 1. The van der Waals surface area contributed by atoms with Gasteiger partial charge >= 0.3 is 6.03 Å². The van der Waals surface area contributed by atoms with Gasteiger partial charge in [-0.25, -0.2) is 4.79 Å². The maximum absolute atomic E-state index is 12.5. The molecule has 1 saturated carbocycles. The minimum atomic E-state index is 0.313. The molecule has 3 heteroatoms. The van der Waals surface area contributed by atoms with E-state index in [0.29, 0.717) is 18.0 Å². The molecule has 0 aromatic carbocycles. The monoisotopic (exact) mass is 238 g/mol. The number of rotatable bonds is 4. The molecule has 2 rings (SSSR count). The molecule has 2 aliphatic rings. The van der Waals surface area contributed by atoms with Crippen LogP contribution in [0.4, 0.5) is 4.79 Å². The molecule has 1 aliphatic carbocycles. The highest BCUT2D eigenvalue weighted by atomic mass is 16.2. The van der Waals surface area contributed by atoms with Crippen LogP contribution >= 0.6 is 0 Å². The molecule has 0 aromatic heterocycles. The second kappa shape index (κ2) is 5.74. The van der Waals surface area contributed by atoms with E-state index in [2.05, 4.69) is 23.6 Å². The van der Waals surface area contributed by atoms with Crippen LogP contribution in [0.2, 0.25) is 0 Å². The largest absolute Gasteiger partial charge is 0.324 e. The summed E-state index contributed by atoms with van der Waals surface area (Å²) in [6.07, 6.45) is 7.22. The fraction of sp³-hybridized carbons (Fsp3) is 0.929. The Morgan fingerprint density at radius 3 is 2.71 bits per heavy atom. The lowest BCUT2D eigenvalue weighted by Crippen LogP contribution is -2.48. The third-order valence-electron chi connectivity index (χ3n) is 3.91. The van der Waals surface area contributed by atoms with Crippen molar-refractivity contribution in [1.29, 1.82) is 0 Å². The second-order valence-electron chi connectivity index (χ2n) is 5.75. The first-order valence-corrected chi connectivity index (χ1v) is 7.28. The molecular weight excluding hydrogens is 212 g/mol. The van der Waals surface area contributed by atoms with Crippen LogP contribution < -0.4 is 0 Å². The summed E-state index contributed by atoms with van der Waals surface area (Å²) in [5, 5.41) is 0. The molecule has 1 aliphatic heterocycles. The van der Waals surface area contributed by atoms with Gasteiger partial charge in [-0.3, -0.25) is 0 Å². The Kier molecular flexibility index (Phi) is 4.30. The molecule has 0 radical (unpaired) electrons. The summed E-state index contributed by atoms with van der Waals surface area (Å²) >= 11 is 0. The van der Waals surface area contributed by atoms with Crippen LogP contribution in [0.5, 0.6) is 0 Å². The molecule has 0 bridgehead atoms. The lowest BCUT2D eigenvalue weighted by atomic mass is 10.0. The third kappa shape index (κ3) is 3.36. The Bertz CT molecular complexity index is 263. The zero-order valence-electron chi connectivity index (χ0n) is 11.3. The van der Waals surface area contributed by atoms with E-state index in [1.54, 1.807) is 0 Å². The maximum atomic E-state index is 12.5. The first-order chi connectivity index (χ1) is 8.22. The molecule has 2 fully saturated rings. The molecule has 1 atom stereocenters. The van der Waals surface area contributed by atoms with Gasteiger partial charge in [0, 0.05) is 25.7 Å². The lowest BCUT2D eigenvalue weighted by molar-refractivity contribution is 0.128. The van der Waals surface area contributed by atoms with Crippen LogP contribution in [0.25, 0.3) is 0 Å². The van der Waals surface area contributed by atoms with Crippen LogP contribution in [-0.2, 0) is 0 Å². The maximum Gasteiger partial charge on any atom is 0.320 e. The van der Waals surface area contributed by atoms with Crippen molar-refractivity contribution in [2.75, 3.05) is 19.6 Å². The minimum Gasteiger partial charge on any atom is -0.324 e. The number of carbonyl (C=O) groups excluding carboxylic acids is 1. The van der Waals surface area contributed by atoms with Gasteiger partial charge in [0.15, 0.2) is 0 Å². The predicted molar refractivity (Wildman–Crippen MR) is 70.0 cm³/mol. The summed E-state index contributed by atoms with van der Waals surface area (Å²) < 4.78 is 0. The molecule has 1 unspecified atom stereocenters. The van der Waals surface area contributed by atoms with E-state index in [1.807, 2.05) is 0 Å². The summed E-state index contributed by atoms with van der Waals surface area (Å²) in [7, 11) is 0. The molecule has 2 amide bonds. The Hall–Kier alpha value is -0.730. The van der Waals surface area contributed by atoms with Gasteiger partial charge in [0.1, 0.15) is 0 Å². The molecule has 17 heavy (non-hydrogen) atoms. The number of piperidine rings is 1. The average Bonchev–Trinajstić information content (AvgIpc) is 3.14. The summed E-state index contributed by atoms with van der Waals surface area (Å²) in [5.41, 5.74) is 0. The van der Waals surface area contributed by atoms with Crippen molar-refractivity contribution in [2.24, 2.45) is 5.92 Å². The number of unbranched alkanes of at least 4 members (excludes halogenated alkanes) is 1. The molecule has 3 nitrogen and oxygen atoms in total. The van der Waals surface area contributed by atoms with Crippen LogP contribution in [-0.4, -0.2) is 41.5 Å². The number of nitrogens with zero attached hydrogens (tertiary/aromatic N) is 2. The molecule has 98 valence electrons. The van der Waals surface area contributed by atoms with E-state index >= 15 is 0 Å². The lowest BCUT2D eigenvalue weighted by Gasteiger charge is -2.35. The first kappa shape index (κ1) is 12.7. The number of likely N-dealkylation sites (tertiary alicyclic amines) is 1. The van der Waals surface area contributed by atoms with Crippen LogP contribution in [0.3, 0.4) is 0 Å². The van der Waals surface area contributed by atoms with Crippen molar-refractivity contribution in [3.63, 3.8) is 0 Å². The summed E-state index contributed by atoms with van der Waals surface area (Å²) in [5.74, 6) is 0.680. The molecule has 0 aromatic rings. The number of carbonyl (C=O) groups is 1. The fourth-order valence-corrected chi connectivity index (χ4v) is 2.69. The smallest absolute Gasteiger partial charge is 0.320 e. The number of hydrogen-bond donors (Lipinski definition) is 0. The van der Waals surface area contributed by atoms with Crippen LogP contribution in [0.15, 0.2) is 0 Å². The van der Waals surface area contributed by atoms with Gasteiger partial charge in [0.2, 0.25) is 0 Å². The highest BCUT2D eigenvalue weighted by Crippen LogP contribution is 2.29. The molecular formula is C14H26N2O. The van der Waals surface area contributed by atoms with Crippen molar-refractivity contribution in [1.82, 2.24) is 9.80 Å². The normalized spacial score (nSPS) is 24.8. The second-order valence-corrected chi connectivity index (χ2v) is 5.75. The molecule has 1 heterocycles. The Balaban J connectivity index is 1.90. The predicted octanol–water partition coefficient (Wildman–Crippen LogP) is 3.10. The highest BCUT2D eigenvalue weighted by Gasteiger charge is 2.35. The van der Waals surface area contributed by atoms with Crippen molar-refractivity contribution in [3.05, 3.63) is 0 Å². The number of urea groups is 1. The first-order valence-electron chi connectivity index (χ1n) is 7.28. The SMILES string of the molecule is CCCCN(C(=O)N1CCCC(C)C1)C1CC1. The van der Waals surface area contributed by atoms with E-state index in [1.165, 1.54) is 32.1 Å². The van der Waals surface area contributed by atoms with Crippen LogP contribution in [0.1, 0.15) is 52.4 Å². The summed E-state index contributed by atoms with van der Waals surface area (Å²) in [4.78, 5) is 16.7. The molecule has 0 spiro atoms. The Labute approximate surface area is 105 Å². The molecule has 0 N–H and O–H groups in total. The van der Waals surface area contributed by atoms with Gasteiger partial charge in [-0.15, -0.1) is 0 Å². The van der Waals surface area contributed by atoms with Crippen LogP contribution in [0, 0.1) is 5.92 Å². The summed E-state index contributed by atoms with van der Waals surface area (Å²) in [6, 6.07) is 0.874. The van der Waals surface area contributed by atoms with E-state index < -0.39 is 0 Å². The van der Waals surface area contributed by atoms with Crippen molar-refractivity contribution >= 4 is 6.03 Å². The average molecular weight is 238 g/mol. The quantitative estimate of drug-likeness (QED) is 0.738. The van der Waals surface area contributed by atoms with Gasteiger partial charge in [-0.05, 0) is 38.0 Å². The highest BCUT2D eigenvalue weighted by molar-refractivity contribution is 5.75. The Morgan fingerprint density at radius 1 is 1.35 bits per heavy atom. The van der Waals surface area contributed by atoms with Gasteiger partial charge in [0.05, 0.1) is 0 Å². The van der Waals surface area contributed by atoms with Crippen molar-refractivity contribution < 1.29 is 4.79 Å². The van der Waals surface area contributed by atoms with Crippen molar-refractivity contribution in [3.8, 4) is 0 Å². The zero-order valence-corrected chi connectivity index (χ0v) is 11.3. The third-order valence-corrected chi connectivity index (χ3v) is 3.91. The zero-order chi connectivity index (χ0) is 12.3. The number of amides is 2. The Morgan fingerprint density at radius 2 is 2.12 bits per heavy atom. The summed E-state index contributed by atoms with van der Waals surface area (Å²) in [6.45, 7) is 7.35. The van der Waals surface area contributed by atoms with Crippen molar-refractivity contribution in [2.45, 2.75) is 58.4 Å². The van der Waals surface area contributed by atoms with Gasteiger partial charge in [-0.2, -0.15) is 0 Å². The van der Waals surface area contributed by atoms with Gasteiger partial charge in [-0.1, -0.05) is 20.3 Å². The minimum absolute atomic E-state index is 0.313. The van der Waals surface area contributed by atoms with E-state index in [0.717, 1.165) is 26.1 Å².